The van der Waals surface area contributed by atoms with Crippen LogP contribution in [-0.2, 0) is 46.8 Å². The SMILES string of the molecule is CNCc1cc(NC(=O)COCc2cc(C(Nc3ccc4c(N(C(=O)OC(C)(C)C)C(=O)OC(C)(C)C)nccc4c3)C(=O)O)ccc2OC)ccc1S(=O)(=O)C1CC1. The third-order valence-corrected chi connectivity index (χ3v) is 11.1. The minimum absolute atomic E-state index is 0.0309. The number of pyridine rings is 1. The maximum absolute atomic E-state index is 13.3. The molecule has 0 saturated heterocycles. The van der Waals surface area contributed by atoms with Crippen LogP contribution in [0.25, 0.3) is 10.8 Å². The molecule has 1 aromatic heterocycles. The number of nitrogens with one attached hydrogen (secondary N) is 3. The normalized spacial score (nSPS) is 13.6. The van der Waals surface area contributed by atoms with Crippen LogP contribution in [0.4, 0.5) is 26.8 Å². The highest BCUT2D eigenvalue weighted by atomic mass is 32.2. The van der Waals surface area contributed by atoms with Gasteiger partial charge in [0.25, 0.3) is 0 Å². The lowest BCUT2D eigenvalue weighted by molar-refractivity contribution is -0.138. The molecule has 16 nitrogen and oxygen atoms in total. The number of carbonyl (C=O) groups excluding carboxylic acids is 3. The van der Waals surface area contributed by atoms with Gasteiger partial charge in [-0.25, -0.2) is 27.8 Å². The smallest absolute Gasteiger partial charge is 0.425 e. The van der Waals surface area contributed by atoms with Crippen molar-refractivity contribution in [1.29, 1.82) is 0 Å². The second-order valence-electron chi connectivity index (χ2n) is 16.0. The maximum Gasteiger partial charge on any atom is 0.425 e. The van der Waals surface area contributed by atoms with Crippen molar-refractivity contribution in [2.45, 2.75) is 94.9 Å². The van der Waals surface area contributed by atoms with Crippen molar-refractivity contribution in [3.8, 4) is 5.75 Å². The van der Waals surface area contributed by atoms with Crippen LogP contribution in [0, 0.1) is 0 Å². The van der Waals surface area contributed by atoms with Gasteiger partial charge in [-0.3, -0.25) is 4.79 Å². The van der Waals surface area contributed by atoms with E-state index in [1.54, 1.807) is 103 Å². The van der Waals surface area contributed by atoms with Crippen molar-refractivity contribution in [2.24, 2.45) is 0 Å². The summed E-state index contributed by atoms with van der Waals surface area (Å²) in [5.41, 5.74) is 0.355. The number of aliphatic carboxylic acids is 1. The number of anilines is 3. The molecular weight excluding hydrogens is 783 g/mol. The average Bonchev–Trinajstić information content (AvgIpc) is 3.99. The Hall–Kier alpha value is -5.78. The molecule has 4 aromatic rings. The molecule has 17 heteroatoms. The van der Waals surface area contributed by atoms with Gasteiger partial charge in [0.2, 0.25) is 5.91 Å². The van der Waals surface area contributed by atoms with Crippen LogP contribution in [0.15, 0.2) is 71.8 Å². The van der Waals surface area contributed by atoms with Crippen LogP contribution >= 0.6 is 0 Å². The van der Waals surface area contributed by atoms with Crippen LogP contribution in [0.2, 0.25) is 0 Å². The Balaban J connectivity index is 1.31. The molecule has 5 rings (SSSR count). The van der Waals surface area contributed by atoms with Gasteiger partial charge in [-0.15, -0.1) is 0 Å². The molecule has 4 N–H and O–H groups in total. The fourth-order valence-electron chi connectivity index (χ4n) is 6.11. The van der Waals surface area contributed by atoms with Crippen molar-refractivity contribution in [3.05, 3.63) is 83.6 Å². The minimum atomic E-state index is -3.44. The molecule has 1 aliphatic carbocycles. The van der Waals surface area contributed by atoms with E-state index in [1.807, 2.05) is 0 Å². The molecule has 1 aliphatic rings. The van der Waals surface area contributed by atoms with Gasteiger partial charge < -0.3 is 40.0 Å². The standard InChI is InChI=1S/C42H51N5O11S/c1-41(2,3)57-39(51)47(40(52)58-42(4,5)6)37-32-14-10-30(20-25(32)17-18-44-37)46-36(38(49)50)26-9-15-33(55-8)28(19-26)23-56-24-35(48)45-29-11-16-34(27(21-29)22-43-7)59(53,54)31-12-13-31/h9-11,14-21,31,36,43,46H,12-13,22-24H2,1-8H3,(H,45,48)(H,49,50). The molecule has 0 radical (unpaired) electrons. The summed E-state index contributed by atoms with van der Waals surface area (Å²) >= 11 is 0. The summed E-state index contributed by atoms with van der Waals surface area (Å²) < 4.78 is 48.1. The highest BCUT2D eigenvalue weighted by Gasteiger charge is 2.38. The second-order valence-corrected chi connectivity index (χ2v) is 18.2. The number of imide groups is 1. The topological polar surface area (TPSA) is 212 Å². The molecule has 316 valence electrons. The van der Waals surface area contributed by atoms with Crippen LogP contribution in [0.1, 0.15) is 77.1 Å². The van der Waals surface area contributed by atoms with Crippen LogP contribution < -0.4 is 25.6 Å². The first kappa shape index (κ1) is 44.3. The monoisotopic (exact) mass is 833 g/mol. The third kappa shape index (κ3) is 11.5. The Kier molecular flexibility index (Phi) is 13.5. The molecule has 1 heterocycles. The predicted molar refractivity (Wildman–Crippen MR) is 221 cm³/mol. The number of aromatic nitrogens is 1. The highest BCUT2D eigenvalue weighted by molar-refractivity contribution is 7.92. The lowest BCUT2D eigenvalue weighted by atomic mass is 10.0. The Morgan fingerprint density at radius 3 is 2.14 bits per heavy atom. The van der Waals surface area contributed by atoms with Gasteiger partial charge in [0.15, 0.2) is 21.7 Å². The largest absolute Gasteiger partial charge is 0.496 e. The second kappa shape index (κ2) is 18.0. The Morgan fingerprint density at radius 1 is 0.881 bits per heavy atom. The van der Waals surface area contributed by atoms with Gasteiger partial charge in [-0.2, -0.15) is 4.90 Å². The van der Waals surface area contributed by atoms with Gasteiger partial charge in [0.1, 0.15) is 23.6 Å². The van der Waals surface area contributed by atoms with Gasteiger partial charge in [0.05, 0.1) is 23.9 Å². The number of amides is 3. The fourth-order valence-corrected chi connectivity index (χ4v) is 7.98. The van der Waals surface area contributed by atoms with Gasteiger partial charge in [-0.05, 0) is 133 Å². The first-order valence-corrected chi connectivity index (χ1v) is 20.5. The zero-order valence-corrected chi connectivity index (χ0v) is 35.2. The van der Waals surface area contributed by atoms with E-state index in [1.165, 1.54) is 19.4 Å². The third-order valence-electron chi connectivity index (χ3n) is 8.78. The lowest BCUT2D eigenvalue weighted by Gasteiger charge is -2.28. The highest BCUT2D eigenvalue weighted by Crippen LogP contribution is 2.36. The summed E-state index contributed by atoms with van der Waals surface area (Å²) in [5.74, 6) is -1.29. The molecule has 0 spiro atoms. The number of benzene rings is 3. The Bertz CT molecular complexity index is 2310. The number of fused-ring (bicyclic) bond motifs is 1. The molecular formula is C42H51N5O11S. The van der Waals surface area contributed by atoms with Crippen molar-refractivity contribution >= 4 is 61.9 Å². The number of sulfone groups is 1. The number of methoxy groups -OCH3 is 1. The van der Waals surface area contributed by atoms with Crippen LogP contribution in [0.3, 0.4) is 0 Å². The fraction of sp³-hybridized carbons (Fsp3) is 0.405. The number of hydrogen-bond donors (Lipinski definition) is 4. The number of rotatable bonds is 15. The number of carbonyl (C=O) groups is 4. The summed E-state index contributed by atoms with van der Waals surface area (Å²) in [4.78, 5) is 57.5. The van der Waals surface area contributed by atoms with Crippen molar-refractivity contribution in [2.75, 3.05) is 36.3 Å². The average molecular weight is 834 g/mol. The lowest BCUT2D eigenvalue weighted by Crippen LogP contribution is -2.44. The molecule has 0 aliphatic heterocycles. The molecule has 0 bridgehead atoms. The van der Waals surface area contributed by atoms with E-state index >= 15 is 0 Å². The molecule has 3 aromatic carbocycles. The van der Waals surface area contributed by atoms with Gasteiger partial charge in [0, 0.05) is 35.1 Å². The zero-order chi connectivity index (χ0) is 43.3. The van der Waals surface area contributed by atoms with E-state index in [0.717, 1.165) is 4.90 Å². The van der Waals surface area contributed by atoms with Crippen molar-refractivity contribution < 1.29 is 51.6 Å². The number of carboxylic acid groups (broad SMARTS) is 1. The van der Waals surface area contributed by atoms with Crippen LogP contribution in [0.5, 0.6) is 5.75 Å². The number of carboxylic acids is 1. The first-order valence-electron chi connectivity index (χ1n) is 18.9. The van der Waals surface area contributed by atoms with E-state index in [0.29, 0.717) is 64.0 Å². The summed E-state index contributed by atoms with van der Waals surface area (Å²) in [6.07, 6.45) is 0.729. The molecule has 59 heavy (non-hydrogen) atoms. The van der Waals surface area contributed by atoms with E-state index in [2.05, 4.69) is 20.9 Å². The van der Waals surface area contributed by atoms with Crippen molar-refractivity contribution in [1.82, 2.24) is 10.3 Å². The van der Waals surface area contributed by atoms with E-state index in [9.17, 15) is 32.7 Å². The van der Waals surface area contributed by atoms with E-state index < -0.39 is 51.1 Å². The predicted octanol–water partition coefficient (Wildman–Crippen LogP) is 6.97. The first-order chi connectivity index (χ1) is 27.7. The quantitative estimate of drug-likeness (QED) is 0.0953. The van der Waals surface area contributed by atoms with Crippen LogP contribution in [-0.4, -0.2) is 79.8 Å². The number of hydrogen-bond acceptors (Lipinski definition) is 13. The molecule has 1 unspecified atom stereocenters. The number of ether oxygens (including phenoxy) is 4. The maximum atomic E-state index is 13.3. The summed E-state index contributed by atoms with van der Waals surface area (Å²) in [6.45, 7) is 9.85. The van der Waals surface area contributed by atoms with E-state index in [-0.39, 0.29) is 29.2 Å². The molecule has 1 saturated carbocycles. The van der Waals surface area contributed by atoms with Crippen molar-refractivity contribution in [3.63, 3.8) is 0 Å². The zero-order valence-electron chi connectivity index (χ0n) is 34.4. The number of nitrogens with zero attached hydrogens (tertiary/aromatic N) is 2. The Labute approximate surface area is 343 Å². The summed E-state index contributed by atoms with van der Waals surface area (Å²) in [5, 5.41) is 19.7. The molecule has 3 amide bonds. The van der Waals surface area contributed by atoms with Gasteiger partial charge >= 0.3 is 18.2 Å². The summed E-state index contributed by atoms with van der Waals surface area (Å²) in [6, 6.07) is 14.8. The van der Waals surface area contributed by atoms with Gasteiger partial charge in [-0.1, -0.05) is 6.07 Å². The summed E-state index contributed by atoms with van der Waals surface area (Å²) in [7, 11) is -0.272. The minimum Gasteiger partial charge on any atom is -0.496 e. The Morgan fingerprint density at radius 2 is 1.54 bits per heavy atom. The molecule has 1 fully saturated rings. The molecule has 1 atom stereocenters. The van der Waals surface area contributed by atoms with E-state index in [4.69, 9.17) is 18.9 Å².